The molecule has 4 nitrogen and oxygen atoms in total. The Bertz CT molecular complexity index is 421. The van der Waals surface area contributed by atoms with Crippen molar-refractivity contribution in [3.05, 3.63) is 34.3 Å². The largest absolute Gasteiger partial charge is 0.390 e. The van der Waals surface area contributed by atoms with Crippen LogP contribution in [-0.2, 0) is 13.2 Å². The van der Waals surface area contributed by atoms with Gasteiger partial charge >= 0.3 is 0 Å². The third-order valence-electron chi connectivity index (χ3n) is 1.93. The summed E-state index contributed by atoms with van der Waals surface area (Å²) in [7, 11) is 0. The third-order valence-corrected chi connectivity index (χ3v) is 2.88. The van der Waals surface area contributed by atoms with E-state index in [1.807, 2.05) is 16.9 Å². The van der Waals surface area contributed by atoms with Gasteiger partial charge in [-0.3, -0.25) is 0 Å². The number of aryl methyl sites for hydroxylation is 1. The molecule has 2 heterocycles. The number of hydrogen-bond donors (Lipinski definition) is 1. The van der Waals surface area contributed by atoms with E-state index in [9.17, 15) is 0 Å². The molecular weight excluding hydrogens is 198 g/mol. The van der Waals surface area contributed by atoms with Crippen LogP contribution in [0.1, 0.15) is 16.4 Å². The number of rotatable bonds is 3. The highest BCUT2D eigenvalue weighted by Gasteiger charge is 2.03. The zero-order valence-electron chi connectivity index (χ0n) is 7.84. The summed E-state index contributed by atoms with van der Waals surface area (Å²) in [5.74, 6) is 0. The van der Waals surface area contributed by atoms with Crippen molar-refractivity contribution in [2.45, 2.75) is 20.1 Å². The van der Waals surface area contributed by atoms with E-state index in [1.54, 1.807) is 23.9 Å². The lowest BCUT2D eigenvalue weighted by Gasteiger charge is -2.02. The zero-order valence-corrected chi connectivity index (χ0v) is 8.66. The van der Waals surface area contributed by atoms with Crippen LogP contribution in [-0.4, -0.2) is 19.6 Å². The van der Waals surface area contributed by atoms with Crippen molar-refractivity contribution in [1.82, 2.24) is 14.5 Å². The van der Waals surface area contributed by atoms with E-state index in [1.165, 1.54) is 0 Å². The topological polar surface area (TPSA) is 50.9 Å². The van der Waals surface area contributed by atoms with Crippen LogP contribution in [0.4, 0.5) is 0 Å². The molecule has 0 amide bonds. The van der Waals surface area contributed by atoms with Crippen molar-refractivity contribution < 1.29 is 5.11 Å². The Hall–Kier alpha value is -1.20. The van der Waals surface area contributed by atoms with Crippen molar-refractivity contribution in [1.29, 1.82) is 0 Å². The van der Waals surface area contributed by atoms with Crippen molar-refractivity contribution in [3.63, 3.8) is 0 Å². The second kappa shape index (κ2) is 3.89. The first kappa shape index (κ1) is 9.36. The first-order chi connectivity index (χ1) is 6.79. The molecule has 14 heavy (non-hydrogen) atoms. The Morgan fingerprint density at radius 1 is 1.57 bits per heavy atom. The molecule has 5 heteroatoms. The number of nitrogens with zero attached hydrogens (tertiary/aromatic N) is 3. The summed E-state index contributed by atoms with van der Waals surface area (Å²) < 4.78 is 1.90. The molecule has 0 unspecified atom stereocenters. The van der Waals surface area contributed by atoms with Gasteiger partial charge in [0.15, 0.2) is 0 Å². The van der Waals surface area contributed by atoms with Gasteiger partial charge in [-0.25, -0.2) is 9.97 Å². The van der Waals surface area contributed by atoms with E-state index in [4.69, 9.17) is 5.11 Å². The first-order valence-corrected chi connectivity index (χ1v) is 5.18. The summed E-state index contributed by atoms with van der Waals surface area (Å²) in [4.78, 5) is 8.32. The molecule has 0 saturated carbocycles. The minimum atomic E-state index is 0.0182. The van der Waals surface area contributed by atoms with Crippen LogP contribution < -0.4 is 0 Å². The lowest BCUT2D eigenvalue weighted by atomic mass is 10.5. The van der Waals surface area contributed by atoms with Crippen molar-refractivity contribution in [2.24, 2.45) is 0 Å². The number of thiazole rings is 1. The molecule has 74 valence electrons. The van der Waals surface area contributed by atoms with E-state index in [0.717, 1.165) is 16.4 Å². The van der Waals surface area contributed by atoms with Crippen LogP contribution >= 0.6 is 11.3 Å². The van der Waals surface area contributed by atoms with Gasteiger partial charge in [-0.05, 0) is 6.92 Å². The predicted molar refractivity (Wildman–Crippen MR) is 54.1 cm³/mol. The monoisotopic (exact) mass is 209 g/mol. The third kappa shape index (κ3) is 1.83. The van der Waals surface area contributed by atoms with E-state index >= 15 is 0 Å². The number of aliphatic hydroxyl groups excluding tert-OH is 1. The molecule has 0 spiro atoms. The zero-order chi connectivity index (χ0) is 9.97. The molecule has 0 aliphatic carbocycles. The molecule has 0 saturated heterocycles. The van der Waals surface area contributed by atoms with Crippen LogP contribution in [0, 0.1) is 6.92 Å². The van der Waals surface area contributed by atoms with Crippen molar-refractivity contribution in [3.8, 4) is 0 Å². The fourth-order valence-electron chi connectivity index (χ4n) is 1.24. The number of hydrogen-bond acceptors (Lipinski definition) is 4. The lowest BCUT2D eigenvalue weighted by Crippen LogP contribution is -2.02. The maximum Gasteiger partial charge on any atom is 0.113 e. The minimum absolute atomic E-state index is 0.0182. The van der Waals surface area contributed by atoms with Gasteiger partial charge in [-0.15, -0.1) is 11.3 Å². The van der Waals surface area contributed by atoms with Crippen LogP contribution in [0.3, 0.4) is 0 Å². The normalized spacial score (nSPS) is 10.7. The quantitative estimate of drug-likeness (QED) is 0.826. The summed E-state index contributed by atoms with van der Waals surface area (Å²) in [5.41, 5.74) is 1.86. The smallest absolute Gasteiger partial charge is 0.113 e. The molecule has 1 N–H and O–H groups in total. The molecule has 0 aliphatic heterocycles. The molecule has 0 atom stereocenters. The average molecular weight is 209 g/mol. The summed E-state index contributed by atoms with van der Waals surface area (Å²) in [6.07, 6.45) is 3.38. The number of aromatic nitrogens is 3. The van der Waals surface area contributed by atoms with Crippen molar-refractivity contribution in [2.75, 3.05) is 0 Å². The molecular formula is C9H11N3OS. The Morgan fingerprint density at radius 2 is 2.43 bits per heavy atom. The Balaban J connectivity index is 2.18. The maximum absolute atomic E-state index is 9.01. The fourth-order valence-corrected chi connectivity index (χ4v) is 2.01. The highest BCUT2D eigenvalue weighted by molar-refractivity contribution is 7.09. The van der Waals surface area contributed by atoms with Gasteiger partial charge in [0, 0.05) is 11.1 Å². The van der Waals surface area contributed by atoms with Crippen molar-refractivity contribution >= 4 is 11.3 Å². The fraction of sp³-hybridized carbons (Fsp3) is 0.333. The lowest BCUT2D eigenvalue weighted by molar-refractivity contribution is 0.271. The van der Waals surface area contributed by atoms with Gasteiger partial charge in [0.2, 0.25) is 0 Å². The number of imidazole rings is 1. The highest BCUT2D eigenvalue weighted by Crippen LogP contribution is 2.11. The molecule has 2 aromatic heterocycles. The Kier molecular flexibility index (Phi) is 2.60. The van der Waals surface area contributed by atoms with Gasteiger partial charge in [0.1, 0.15) is 5.01 Å². The Morgan fingerprint density at radius 3 is 3.07 bits per heavy atom. The second-order valence-electron chi connectivity index (χ2n) is 3.05. The van der Waals surface area contributed by atoms with Gasteiger partial charge in [-0.2, -0.15) is 0 Å². The molecule has 0 bridgehead atoms. The maximum atomic E-state index is 9.01. The summed E-state index contributed by atoms with van der Waals surface area (Å²) in [6.45, 7) is 2.68. The second-order valence-corrected chi connectivity index (χ2v) is 4.00. The van der Waals surface area contributed by atoms with Crippen LogP contribution in [0.15, 0.2) is 17.9 Å². The summed E-state index contributed by atoms with van der Waals surface area (Å²) in [6, 6.07) is 0. The standard InChI is InChI=1S/C9H11N3OS/c1-7-5-14-9(11-7)3-12-6-10-2-8(12)4-13/h2,5-6,13H,3-4H2,1H3. The molecule has 0 aromatic carbocycles. The van der Waals surface area contributed by atoms with E-state index in [-0.39, 0.29) is 6.61 Å². The van der Waals surface area contributed by atoms with Gasteiger partial charge in [0.25, 0.3) is 0 Å². The van der Waals surface area contributed by atoms with E-state index in [2.05, 4.69) is 9.97 Å². The van der Waals surface area contributed by atoms with Gasteiger partial charge in [-0.1, -0.05) is 0 Å². The Labute approximate surface area is 85.9 Å². The first-order valence-electron chi connectivity index (χ1n) is 4.30. The van der Waals surface area contributed by atoms with E-state index in [0.29, 0.717) is 6.54 Å². The molecule has 2 rings (SSSR count). The highest BCUT2D eigenvalue weighted by atomic mass is 32.1. The summed E-state index contributed by atoms with van der Waals surface area (Å²) >= 11 is 1.63. The predicted octanol–water partition coefficient (Wildman–Crippen LogP) is 1.19. The summed E-state index contributed by atoms with van der Waals surface area (Å²) in [5, 5.41) is 12.1. The van der Waals surface area contributed by atoms with Gasteiger partial charge < -0.3 is 9.67 Å². The minimum Gasteiger partial charge on any atom is -0.390 e. The number of aliphatic hydroxyl groups is 1. The van der Waals surface area contributed by atoms with E-state index < -0.39 is 0 Å². The molecule has 2 aromatic rings. The molecule has 0 aliphatic rings. The molecule has 0 fully saturated rings. The van der Waals surface area contributed by atoms with Crippen LogP contribution in [0.25, 0.3) is 0 Å². The SMILES string of the molecule is Cc1csc(Cn2cncc2CO)n1. The van der Waals surface area contributed by atoms with Gasteiger partial charge in [0.05, 0.1) is 31.4 Å². The van der Waals surface area contributed by atoms with Crippen LogP contribution in [0.5, 0.6) is 0 Å². The average Bonchev–Trinajstić information content (AvgIpc) is 2.76. The molecule has 0 radical (unpaired) electrons. The van der Waals surface area contributed by atoms with Crippen LogP contribution in [0.2, 0.25) is 0 Å².